The number of hydrogen-bond acceptors (Lipinski definition) is 2. The van der Waals surface area contributed by atoms with Crippen molar-refractivity contribution in [1.29, 1.82) is 0 Å². The van der Waals surface area contributed by atoms with Crippen LogP contribution in [-0.4, -0.2) is 13.1 Å². The molecule has 0 aliphatic heterocycles. The highest BCUT2D eigenvalue weighted by Gasteiger charge is 2.22. The average molecular weight is 290 g/mol. The first-order valence-electron chi connectivity index (χ1n) is 5.34. The van der Waals surface area contributed by atoms with E-state index in [4.69, 9.17) is 0 Å². The van der Waals surface area contributed by atoms with Gasteiger partial charge in [0.25, 0.3) is 0 Å². The average Bonchev–Trinajstić information content (AvgIpc) is 2.50. The molecule has 1 aromatic heterocycles. The Morgan fingerprint density at radius 3 is 2.53 bits per heavy atom. The molecule has 1 unspecified atom stereocenters. The highest BCUT2D eigenvalue weighted by atomic mass is 79.9. The molecule has 1 aromatic rings. The number of nitrogens with one attached hydrogen (secondary N) is 1. The highest BCUT2D eigenvalue weighted by molar-refractivity contribution is 9.10. The third-order valence-corrected chi connectivity index (χ3v) is 4.73. The maximum Gasteiger partial charge on any atom is 0.0314 e. The van der Waals surface area contributed by atoms with Crippen molar-refractivity contribution in [2.75, 3.05) is 7.05 Å². The second kappa shape index (κ2) is 5.46. The van der Waals surface area contributed by atoms with Gasteiger partial charge in [-0.05, 0) is 52.7 Å². The van der Waals surface area contributed by atoms with Crippen LogP contribution in [0.15, 0.2) is 15.9 Å². The zero-order chi connectivity index (χ0) is 11.5. The van der Waals surface area contributed by atoms with Crippen molar-refractivity contribution in [2.24, 2.45) is 5.41 Å². The molecule has 0 amide bonds. The van der Waals surface area contributed by atoms with Crippen LogP contribution < -0.4 is 5.32 Å². The summed E-state index contributed by atoms with van der Waals surface area (Å²) in [5.41, 5.74) is 0.332. The Morgan fingerprint density at radius 2 is 2.13 bits per heavy atom. The summed E-state index contributed by atoms with van der Waals surface area (Å²) in [6.45, 7) is 6.87. The van der Waals surface area contributed by atoms with Gasteiger partial charge in [0.05, 0.1) is 0 Å². The van der Waals surface area contributed by atoms with Crippen LogP contribution in [0.25, 0.3) is 0 Å². The van der Waals surface area contributed by atoms with E-state index in [1.807, 2.05) is 11.3 Å². The summed E-state index contributed by atoms with van der Waals surface area (Å²) in [6, 6.07) is 2.71. The van der Waals surface area contributed by atoms with E-state index in [1.165, 1.54) is 15.8 Å². The van der Waals surface area contributed by atoms with Crippen LogP contribution in [-0.2, 0) is 6.42 Å². The normalized spacial score (nSPS) is 14.2. The summed E-state index contributed by atoms with van der Waals surface area (Å²) < 4.78 is 1.26. The maximum absolute atomic E-state index is 3.58. The Morgan fingerprint density at radius 1 is 1.47 bits per heavy atom. The quantitative estimate of drug-likeness (QED) is 0.881. The van der Waals surface area contributed by atoms with E-state index < -0.39 is 0 Å². The summed E-state index contributed by atoms with van der Waals surface area (Å²) >= 11 is 5.42. The van der Waals surface area contributed by atoms with Gasteiger partial charge >= 0.3 is 0 Å². The number of thiophene rings is 1. The van der Waals surface area contributed by atoms with Gasteiger partial charge < -0.3 is 5.32 Å². The van der Waals surface area contributed by atoms with E-state index >= 15 is 0 Å². The van der Waals surface area contributed by atoms with Gasteiger partial charge in [0.15, 0.2) is 0 Å². The summed E-state index contributed by atoms with van der Waals surface area (Å²) in [5, 5.41) is 5.56. The van der Waals surface area contributed by atoms with E-state index in [1.54, 1.807) is 0 Å². The van der Waals surface area contributed by atoms with E-state index in [-0.39, 0.29) is 0 Å². The van der Waals surface area contributed by atoms with Gasteiger partial charge in [-0.1, -0.05) is 20.8 Å². The first kappa shape index (κ1) is 13.2. The first-order chi connectivity index (χ1) is 6.95. The van der Waals surface area contributed by atoms with Gasteiger partial charge in [-0.15, -0.1) is 11.3 Å². The Hall–Kier alpha value is 0.140. The predicted octanol–water partition coefficient (Wildman–Crippen LogP) is 4.08. The summed E-state index contributed by atoms with van der Waals surface area (Å²) in [4.78, 5) is 1.46. The molecule has 0 aliphatic rings. The van der Waals surface area contributed by atoms with Crippen molar-refractivity contribution in [3.05, 3.63) is 20.8 Å². The standard InChI is InChI=1S/C12H20BrNS/c1-12(2,3)11(14-4)6-5-10-9(13)7-8-15-10/h7-8,11,14H,5-6H2,1-4H3. The fraction of sp³-hybridized carbons (Fsp3) is 0.667. The lowest BCUT2D eigenvalue weighted by Crippen LogP contribution is -2.38. The van der Waals surface area contributed by atoms with E-state index in [9.17, 15) is 0 Å². The molecule has 15 heavy (non-hydrogen) atoms. The number of aryl methyl sites for hydroxylation is 1. The molecule has 3 heteroatoms. The van der Waals surface area contributed by atoms with Crippen molar-refractivity contribution in [3.63, 3.8) is 0 Å². The molecule has 0 saturated carbocycles. The fourth-order valence-corrected chi connectivity index (χ4v) is 3.36. The minimum atomic E-state index is 0.332. The molecule has 1 heterocycles. The first-order valence-corrected chi connectivity index (χ1v) is 7.01. The van der Waals surface area contributed by atoms with Crippen molar-refractivity contribution >= 4 is 27.3 Å². The van der Waals surface area contributed by atoms with Gasteiger partial charge in [-0.2, -0.15) is 0 Å². The predicted molar refractivity (Wildman–Crippen MR) is 72.6 cm³/mol. The molecule has 0 bridgehead atoms. The zero-order valence-electron chi connectivity index (χ0n) is 9.93. The molecular weight excluding hydrogens is 270 g/mol. The van der Waals surface area contributed by atoms with Crippen LogP contribution in [0.5, 0.6) is 0 Å². The lowest BCUT2D eigenvalue weighted by atomic mass is 9.84. The monoisotopic (exact) mass is 289 g/mol. The third kappa shape index (κ3) is 3.89. The molecule has 1 nitrogen and oxygen atoms in total. The number of hydrogen-bond donors (Lipinski definition) is 1. The van der Waals surface area contributed by atoms with Crippen molar-refractivity contribution in [1.82, 2.24) is 5.32 Å². The Kier molecular flexibility index (Phi) is 4.81. The van der Waals surface area contributed by atoms with Crippen LogP contribution in [0.3, 0.4) is 0 Å². The molecule has 86 valence electrons. The SMILES string of the molecule is CNC(CCc1sccc1Br)C(C)(C)C. The molecule has 1 atom stereocenters. The Bertz CT molecular complexity index is 301. The lowest BCUT2D eigenvalue weighted by Gasteiger charge is -2.30. The van der Waals surface area contributed by atoms with Crippen LogP contribution in [0.4, 0.5) is 0 Å². The van der Waals surface area contributed by atoms with Gasteiger partial charge in [0, 0.05) is 15.4 Å². The second-order valence-corrected chi connectivity index (χ2v) is 6.79. The van der Waals surface area contributed by atoms with Crippen molar-refractivity contribution < 1.29 is 0 Å². The lowest BCUT2D eigenvalue weighted by molar-refractivity contribution is 0.268. The van der Waals surface area contributed by atoms with E-state index in [0.29, 0.717) is 11.5 Å². The molecule has 1 rings (SSSR count). The molecule has 0 radical (unpaired) electrons. The van der Waals surface area contributed by atoms with Crippen molar-refractivity contribution in [3.8, 4) is 0 Å². The molecule has 0 aromatic carbocycles. The highest BCUT2D eigenvalue weighted by Crippen LogP contribution is 2.27. The molecule has 0 aliphatic carbocycles. The zero-order valence-corrected chi connectivity index (χ0v) is 12.3. The second-order valence-electron chi connectivity index (χ2n) is 4.94. The number of halogens is 1. The van der Waals surface area contributed by atoms with Crippen LogP contribution >= 0.6 is 27.3 Å². The summed E-state index contributed by atoms with van der Waals surface area (Å²) in [5.74, 6) is 0. The van der Waals surface area contributed by atoms with Crippen LogP contribution in [0.2, 0.25) is 0 Å². The van der Waals surface area contributed by atoms with Gasteiger partial charge in [-0.3, -0.25) is 0 Å². The van der Waals surface area contributed by atoms with E-state index in [0.717, 1.165) is 6.42 Å². The number of rotatable bonds is 4. The van der Waals surface area contributed by atoms with E-state index in [2.05, 4.69) is 60.5 Å². The summed E-state index contributed by atoms with van der Waals surface area (Å²) in [7, 11) is 2.05. The maximum atomic E-state index is 3.58. The largest absolute Gasteiger partial charge is 0.316 e. The molecule has 0 saturated heterocycles. The minimum absolute atomic E-state index is 0.332. The Balaban J connectivity index is 2.52. The fourth-order valence-electron chi connectivity index (χ4n) is 1.79. The smallest absolute Gasteiger partial charge is 0.0314 e. The van der Waals surface area contributed by atoms with Crippen LogP contribution in [0.1, 0.15) is 32.1 Å². The van der Waals surface area contributed by atoms with Crippen molar-refractivity contribution in [2.45, 2.75) is 39.7 Å². The van der Waals surface area contributed by atoms with Gasteiger partial charge in [0.2, 0.25) is 0 Å². The third-order valence-electron chi connectivity index (χ3n) is 2.74. The molecule has 0 spiro atoms. The minimum Gasteiger partial charge on any atom is -0.316 e. The summed E-state index contributed by atoms with van der Waals surface area (Å²) in [6.07, 6.45) is 2.35. The topological polar surface area (TPSA) is 12.0 Å². The van der Waals surface area contributed by atoms with Gasteiger partial charge in [-0.25, -0.2) is 0 Å². The molecule has 1 N–H and O–H groups in total. The molecular formula is C12H20BrNS. The Labute approximate surface area is 105 Å². The molecule has 0 fully saturated rings. The van der Waals surface area contributed by atoms with Gasteiger partial charge in [0.1, 0.15) is 0 Å². The van der Waals surface area contributed by atoms with Crippen LogP contribution in [0, 0.1) is 5.41 Å².